The molecule has 2 aromatic heterocycles. The molecular weight excluding hydrogens is 204 g/mol. The van der Waals surface area contributed by atoms with Gasteiger partial charge in [0.05, 0.1) is 12.6 Å². The van der Waals surface area contributed by atoms with Gasteiger partial charge in [-0.3, -0.25) is 4.79 Å². The quantitative estimate of drug-likeness (QED) is 0.738. The fourth-order valence-corrected chi connectivity index (χ4v) is 1.77. The van der Waals surface area contributed by atoms with E-state index in [1.54, 1.807) is 7.11 Å². The number of hydrogen-bond acceptors (Lipinski definition) is 3. The number of hydrogen-bond donors (Lipinski definition) is 0. The Kier molecular flexibility index (Phi) is 2.90. The topological polar surface area (TPSA) is 43.6 Å². The zero-order chi connectivity index (χ0) is 11.5. The van der Waals surface area contributed by atoms with E-state index in [1.807, 2.05) is 22.7 Å². The molecule has 4 heteroatoms. The summed E-state index contributed by atoms with van der Waals surface area (Å²) in [6.07, 6.45) is 4.54. The van der Waals surface area contributed by atoms with Crippen LogP contribution < -0.4 is 4.74 Å². The zero-order valence-electron chi connectivity index (χ0n) is 9.43. The summed E-state index contributed by atoms with van der Waals surface area (Å²) in [6, 6.07) is 3.69. The molecule has 16 heavy (non-hydrogen) atoms. The van der Waals surface area contributed by atoms with Gasteiger partial charge < -0.3 is 9.14 Å². The van der Waals surface area contributed by atoms with Crippen LogP contribution in [0.25, 0.3) is 5.52 Å². The molecule has 4 nitrogen and oxygen atoms in total. The molecule has 0 radical (unpaired) electrons. The molecule has 0 amide bonds. The molecular formula is C12H14N2O2. The summed E-state index contributed by atoms with van der Waals surface area (Å²) >= 11 is 0. The van der Waals surface area contributed by atoms with Crippen LogP contribution in [0.4, 0.5) is 0 Å². The maximum absolute atomic E-state index is 10.9. The number of carbonyl (C=O) groups is 1. The van der Waals surface area contributed by atoms with Gasteiger partial charge in [0.25, 0.3) is 0 Å². The first-order valence-electron chi connectivity index (χ1n) is 5.30. The molecule has 2 aromatic rings. The fraction of sp³-hybridized carbons (Fsp3) is 0.333. The highest BCUT2D eigenvalue weighted by Gasteiger charge is 2.10. The van der Waals surface area contributed by atoms with Crippen LogP contribution in [0.5, 0.6) is 5.75 Å². The number of aldehydes is 1. The number of methoxy groups -OCH3 is 1. The lowest BCUT2D eigenvalue weighted by molar-refractivity contribution is 0.112. The number of ether oxygens (including phenoxy) is 1. The summed E-state index contributed by atoms with van der Waals surface area (Å²) in [6.45, 7) is 2.09. The lowest BCUT2D eigenvalue weighted by atomic mass is 10.3. The van der Waals surface area contributed by atoms with E-state index >= 15 is 0 Å². The number of rotatable bonds is 4. The highest BCUT2D eigenvalue weighted by Crippen LogP contribution is 2.19. The van der Waals surface area contributed by atoms with Gasteiger partial charge in [-0.05, 0) is 12.5 Å². The van der Waals surface area contributed by atoms with Gasteiger partial charge in [-0.25, -0.2) is 4.98 Å². The predicted octanol–water partition coefficient (Wildman–Crippen LogP) is 2.11. The average molecular weight is 218 g/mol. The van der Waals surface area contributed by atoms with E-state index in [0.29, 0.717) is 5.69 Å². The first kappa shape index (κ1) is 10.7. The van der Waals surface area contributed by atoms with Crippen molar-refractivity contribution < 1.29 is 9.53 Å². The minimum absolute atomic E-state index is 0.474. The molecule has 0 aliphatic heterocycles. The SMILES string of the molecule is CCCc1nc(C=O)c2cc(OC)ccn12. The molecule has 0 fully saturated rings. The summed E-state index contributed by atoms with van der Waals surface area (Å²) < 4.78 is 7.07. The number of aromatic nitrogens is 2. The summed E-state index contributed by atoms with van der Waals surface area (Å²) in [4.78, 5) is 15.2. The Morgan fingerprint density at radius 3 is 3.00 bits per heavy atom. The van der Waals surface area contributed by atoms with Crippen molar-refractivity contribution >= 4 is 11.8 Å². The molecule has 0 bridgehead atoms. The number of nitrogens with zero attached hydrogens (tertiary/aromatic N) is 2. The number of aryl methyl sites for hydroxylation is 1. The normalized spacial score (nSPS) is 10.6. The van der Waals surface area contributed by atoms with Crippen molar-refractivity contribution in [3.8, 4) is 5.75 Å². The van der Waals surface area contributed by atoms with Gasteiger partial charge in [0.1, 0.15) is 17.3 Å². The van der Waals surface area contributed by atoms with Crippen LogP contribution >= 0.6 is 0 Å². The van der Waals surface area contributed by atoms with Crippen molar-refractivity contribution in [3.63, 3.8) is 0 Å². The maximum atomic E-state index is 10.9. The molecule has 0 aliphatic rings. The minimum Gasteiger partial charge on any atom is -0.497 e. The van der Waals surface area contributed by atoms with Crippen LogP contribution in [0, 0.1) is 0 Å². The molecule has 0 saturated heterocycles. The van der Waals surface area contributed by atoms with Crippen molar-refractivity contribution in [2.45, 2.75) is 19.8 Å². The van der Waals surface area contributed by atoms with E-state index < -0.39 is 0 Å². The monoisotopic (exact) mass is 218 g/mol. The van der Waals surface area contributed by atoms with Crippen LogP contribution in [0.15, 0.2) is 18.3 Å². The smallest absolute Gasteiger partial charge is 0.170 e. The maximum Gasteiger partial charge on any atom is 0.170 e. The predicted molar refractivity (Wildman–Crippen MR) is 61.1 cm³/mol. The third-order valence-electron chi connectivity index (χ3n) is 2.54. The standard InChI is InChI=1S/C12H14N2O2/c1-3-4-12-13-10(8-15)11-7-9(16-2)5-6-14(11)12/h5-8H,3-4H2,1-2H3. The lowest BCUT2D eigenvalue weighted by Gasteiger charge is -2.02. The van der Waals surface area contributed by atoms with Gasteiger partial charge in [0, 0.05) is 18.7 Å². The van der Waals surface area contributed by atoms with Gasteiger partial charge in [0.15, 0.2) is 6.29 Å². The van der Waals surface area contributed by atoms with E-state index in [1.165, 1.54) is 0 Å². The van der Waals surface area contributed by atoms with Crippen LogP contribution in [0.3, 0.4) is 0 Å². The first-order chi connectivity index (χ1) is 7.80. The van der Waals surface area contributed by atoms with Crippen molar-refractivity contribution in [1.29, 1.82) is 0 Å². The molecule has 0 aromatic carbocycles. The van der Waals surface area contributed by atoms with Crippen LogP contribution in [0.1, 0.15) is 29.7 Å². The van der Waals surface area contributed by atoms with Crippen molar-refractivity contribution in [2.24, 2.45) is 0 Å². The molecule has 84 valence electrons. The third-order valence-corrected chi connectivity index (χ3v) is 2.54. The van der Waals surface area contributed by atoms with Crippen LogP contribution in [-0.2, 0) is 6.42 Å². The number of fused-ring (bicyclic) bond motifs is 1. The van der Waals surface area contributed by atoms with Crippen molar-refractivity contribution in [3.05, 3.63) is 29.8 Å². The summed E-state index contributed by atoms with van der Waals surface area (Å²) in [7, 11) is 1.61. The number of imidazole rings is 1. The van der Waals surface area contributed by atoms with Crippen LogP contribution in [-0.4, -0.2) is 22.8 Å². The van der Waals surface area contributed by atoms with E-state index in [9.17, 15) is 4.79 Å². The molecule has 2 heterocycles. The summed E-state index contributed by atoms with van der Waals surface area (Å²) in [5.74, 6) is 1.65. The second kappa shape index (κ2) is 4.35. The largest absolute Gasteiger partial charge is 0.497 e. The third kappa shape index (κ3) is 1.66. The Morgan fingerprint density at radius 1 is 1.56 bits per heavy atom. The van der Waals surface area contributed by atoms with Crippen LogP contribution in [0.2, 0.25) is 0 Å². The Labute approximate surface area is 93.9 Å². The Morgan fingerprint density at radius 2 is 2.38 bits per heavy atom. The number of carbonyl (C=O) groups excluding carboxylic acids is 1. The molecule has 0 N–H and O–H groups in total. The first-order valence-corrected chi connectivity index (χ1v) is 5.30. The Bertz CT molecular complexity index is 517. The van der Waals surface area contributed by atoms with Crippen molar-refractivity contribution in [1.82, 2.24) is 9.38 Å². The minimum atomic E-state index is 0.474. The van der Waals surface area contributed by atoms with Gasteiger partial charge in [0.2, 0.25) is 0 Å². The average Bonchev–Trinajstić information content (AvgIpc) is 2.67. The van der Waals surface area contributed by atoms with Gasteiger partial charge in [-0.1, -0.05) is 6.92 Å². The van der Waals surface area contributed by atoms with Gasteiger partial charge in [-0.2, -0.15) is 0 Å². The Balaban J connectivity index is 2.64. The highest BCUT2D eigenvalue weighted by molar-refractivity contribution is 5.84. The van der Waals surface area contributed by atoms with E-state index in [-0.39, 0.29) is 0 Å². The molecule has 0 saturated carbocycles. The second-order valence-electron chi connectivity index (χ2n) is 3.60. The molecule has 0 atom stereocenters. The molecule has 0 unspecified atom stereocenters. The lowest BCUT2D eigenvalue weighted by Crippen LogP contribution is -1.94. The van der Waals surface area contributed by atoms with Gasteiger partial charge in [-0.15, -0.1) is 0 Å². The molecule has 0 spiro atoms. The van der Waals surface area contributed by atoms with Crippen molar-refractivity contribution in [2.75, 3.05) is 7.11 Å². The zero-order valence-corrected chi connectivity index (χ0v) is 9.43. The van der Waals surface area contributed by atoms with E-state index in [2.05, 4.69) is 11.9 Å². The second-order valence-corrected chi connectivity index (χ2v) is 3.60. The fourth-order valence-electron chi connectivity index (χ4n) is 1.77. The molecule has 2 rings (SSSR count). The van der Waals surface area contributed by atoms with E-state index in [4.69, 9.17) is 4.74 Å². The van der Waals surface area contributed by atoms with E-state index in [0.717, 1.165) is 36.2 Å². The number of pyridine rings is 1. The summed E-state index contributed by atoms with van der Waals surface area (Å²) in [5.41, 5.74) is 1.28. The van der Waals surface area contributed by atoms with Gasteiger partial charge >= 0.3 is 0 Å². The Hall–Kier alpha value is -1.84. The summed E-state index contributed by atoms with van der Waals surface area (Å²) in [5, 5.41) is 0. The highest BCUT2D eigenvalue weighted by atomic mass is 16.5. The molecule has 0 aliphatic carbocycles.